The van der Waals surface area contributed by atoms with Crippen molar-refractivity contribution in [2.75, 3.05) is 12.3 Å². The van der Waals surface area contributed by atoms with Crippen molar-refractivity contribution in [3.63, 3.8) is 0 Å². The highest BCUT2D eigenvalue weighted by atomic mass is 16.5. The third-order valence-electron chi connectivity index (χ3n) is 6.03. The fourth-order valence-corrected chi connectivity index (χ4v) is 4.19. The van der Waals surface area contributed by atoms with Crippen LogP contribution in [0, 0.1) is 5.92 Å². The van der Waals surface area contributed by atoms with Crippen molar-refractivity contribution in [1.82, 2.24) is 19.3 Å². The van der Waals surface area contributed by atoms with Crippen LogP contribution in [0.15, 0.2) is 30.6 Å². The van der Waals surface area contributed by atoms with Crippen molar-refractivity contribution < 1.29 is 14.3 Å². The number of benzene rings is 1. The molecule has 0 radical (unpaired) electrons. The number of rotatable bonds is 5. The summed E-state index contributed by atoms with van der Waals surface area (Å²) in [6, 6.07) is 6.08. The number of nitrogen functional groups attached to an aromatic ring is 1. The summed E-state index contributed by atoms with van der Waals surface area (Å²) in [5.41, 5.74) is 10.1. The Hall–Kier alpha value is -3.42. The second-order valence-corrected chi connectivity index (χ2v) is 7.95. The summed E-state index contributed by atoms with van der Waals surface area (Å²) in [6.07, 6.45) is 5.69. The van der Waals surface area contributed by atoms with E-state index in [1.807, 2.05) is 23.1 Å². The Bertz CT molecular complexity index is 1180. The molecule has 1 aromatic carbocycles. The van der Waals surface area contributed by atoms with Gasteiger partial charge in [-0.2, -0.15) is 0 Å². The molecule has 30 heavy (non-hydrogen) atoms. The molecular weight excluding hydrogens is 382 g/mol. The largest absolute Gasteiger partial charge is 0.461 e. The van der Waals surface area contributed by atoms with Crippen LogP contribution < -0.4 is 5.73 Å². The van der Waals surface area contributed by atoms with Gasteiger partial charge in [0, 0.05) is 29.9 Å². The van der Waals surface area contributed by atoms with Gasteiger partial charge in [-0.25, -0.2) is 14.8 Å². The second kappa shape index (κ2) is 6.83. The molecule has 8 heteroatoms. The van der Waals surface area contributed by atoms with Crippen LogP contribution >= 0.6 is 0 Å². The highest BCUT2D eigenvalue weighted by Gasteiger charge is 2.38. The number of hydrogen-bond acceptors (Lipinski definition) is 6. The molecule has 3 heterocycles. The minimum absolute atomic E-state index is 0.104. The van der Waals surface area contributed by atoms with E-state index in [0.717, 1.165) is 22.4 Å². The number of hydrogen-bond donors (Lipinski definition) is 1. The maximum Gasteiger partial charge on any atom is 0.358 e. The first-order chi connectivity index (χ1) is 14.5. The monoisotopic (exact) mass is 405 g/mol. The van der Waals surface area contributed by atoms with Crippen LogP contribution in [0.5, 0.6) is 0 Å². The van der Waals surface area contributed by atoms with Crippen molar-refractivity contribution >= 4 is 23.3 Å². The minimum Gasteiger partial charge on any atom is -0.461 e. The fraction of sp³-hybridized carbons (Fsp3) is 0.364. The lowest BCUT2D eigenvalue weighted by Gasteiger charge is -2.23. The number of amides is 1. The van der Waals surface area contributed by atoms with E-state index < -0.39 is 5.97 Å². The smallest absolute Gasteiger partial charge is 0.358 e. The summed E-state index contributed by atoms with van der Waals surface area (Å²) in [4.78, 5) is 35.4. The summed E-state index contributed by atoms with van der Waals surface area (Å²) < 4.78 is 6.80. The fourth-order valence-electron chi connectivity index (χ4n) is 4.19. The lowest BCUT2D eigenvalue weighted by Crippen LogP contribution is -2.34. The molecule has 1 aliphatic carbocycles. The molecule has 1 atom stereocenters. The van der Waals surface area contributed by atoms with Gasteiger partial charge >= 0.3 is 5.97 Å². The van der Waals surface area contributed by atoms with Gasteiger partial charge in [-0.15, -0.1) is 0 Å². The van der Waals surface area contributed by atoms with Gasteiger partial charge in [-0.05, 0) is 50.3 Å². The highest BCUT2D eigenvalue weighted by molar-refractivity contribution is 5.99. The summed E-state index contributed by atoms with van der Waals surface area (Å²) in [7, 11) is 0. The number of carbonyl (C=O) groups is 2. The zero-order valence-corrected chi connectivity index (χ0v) is 17.0. The van der Waals surface area contributed by atoms with Crippen LogP contribution in [0.3, 0.4) is 0 Å². The second-order valence-electron chi connectivity index (χ2n) is 7.95. The normalized spacial score (nSPS) is 16.7. The molecule has 1 unspecified atom stereocenters. The van der Waals surface area contributed by atoms with Crippen LogP contribution in [0.25, 0.3) is 16.9 Å². The van der Waals surface area contributed by atoms with Gasteiger partial charge in [0.05, 0.1) is 18.5 Å². The number of imidazole rings is 1. The molecule has 2 N–H and O–H groups in total. The molecule has 2 aromatic heterocycles. The average molecular weight is 405 g/mol. The Labute approximate surface area is 173 Å². The summed E-state index contributed by atoms with van der Waals surface area (Å²) in [6.45, 7) is 4.75. The lowest BCUT2D eigenvalue weighted by atomic mass is 10.0. The van der Waals surface area contributed by atoms with Gasteiger partial charge in [-0.1, -0.05) is 6.07 Å². The van der Waals surface area contributed by atoms with E-state index in [-0.39, 0.29) is 30.1 Å². The summed E-state index contributed by atoms with van der Waals surface area (Å²) >= 11 is 0. The van der Waals surface area contributed by atoms with Crippen molar-refractivity contribution in [1.29, 1.82) is 0 Å². The number of esters is 1. The lowest BCUT2D eigenvalue weighted by molar-refractivity contribution is 0.0518. The quantitative estimate of drug-likeness (QED) is 0.655. The van der Waals surface area contributed by atoms with Crippen LogP contribution in [0.2, 0.25) is 0 Å². The van der Waals surface area contributed by atoms with E-state index >= 15 is 0 Å². The van der Waals surface area contributed by atoms with Crippen molar-refractivity contribution in [2.45, 2.75) is 39.3 Å². The number of fused-ring (bicyclic) bond motifs is 2. The zero-order valence-electron chi connectivity index (χ0n) is 17.0. The maximum absolute atomic E-state index is 12.8. The van der Waals surface area contributed by atoms with E-state index in [4.69, 9.17) is 10.5 Å². The number of nitrogens with zero attached hydrogens (tertiary/aromatic N) is 4. The van der Waals surface area contributed by atoms with Crippen LogP contribution in [0.1, 0.15) is 53.1 Å². The Morgan fingerprint density at radius 3 is 2.90 bits per heavy atom. The van der Waals surface area contributed by atoms with E-state index in [2.05, 4.69) is 16.9 Å². The number of anilines is 1. The van der Waals surface area contributed by atoms with Crippen LogP contribution in [-0.2, 0) is 11.3 Å². The van der Waals surface area contributed by atoms with Gasteiger partial charge in [-0.3, -0.25) is 9.20 Å². The first-order valence-corrected chi connectivity index (χ1v) is 10.2. The van der Waals surface area contributed by atoms with Crippen molar-refractivity contribution in [3.05, 3.63) is 47.4 Å². The number of ether oxygens (including phenoxy) is 1. The molecule has 2 aliphatic rings. The molecule has 154 valence electrons. The molecule has 1 amide bonds. The van der Waals surface area contributed by atoms with Gasteiger partial charge in [0.25, 0.3) is 5.91 Å². The van der Waals surface area contributed by atoms with Crippen molar-refractivity contribution in [3.8, 4) is 11.3 Å². The molecular formula is C22H23N5O3. The minimum atomic E-state index is -0.532. The summed E-state index contributed by atoms with van der Waals surface area (Å²) in [5, 5.41) is 0. The Kier molecular flexibility index (Phi) is 4.23. The Morgan fingerprint density at radius 1 is 1.37 bits per heavy atom. The third kappa shape index (κ3) is 2.91. The molecule has 3 aromatic rings. The van der Waals surface area contributed by atoms with E-state index in [1.165, 1.54) is 12.8 Å². The zero-order chi connectivity index (χ0) is 21.0. The SMILES string of the molecule is CCOC(=O)c1cn2c(-c3ccc4c(c3)CN(C(C)C3CC3)C4=O)cnc2c(N)n1. The summed E-state index contributed by atoms with van der Waals surface area (Å²) in [5.74, 6) is 0.355. The van der Waals surface area contributed by atoms with Crippen LogP contribution in [0.4, 0.5) is 5.82 Å². The van der Waals surface area contributed by atoms with E-state index in [9.17, 15) is 9.59 Å². The first-order valence-electron chi connectivity index (χ1n) is 10.2. The van der Waals surface area contributed by atoms with Gasteiger partial charge < -0.3 is 15.4 Å². The maximum atomic E-state index is 12.8. The van der Waals surface area contributed by atoms with Gasteiger partial charge in [0.15, 0.2) is 17.2 Å². The first kappa shape index (κ1) is 18.6. The molecule has 1 saturated carbocycles. The van der Waals surface area contributed by atoms with E-state index in [1.54, 1.807) is 23.7 Å². The van der Waals surface area contributed by atoms with Gasteiger partial charge in [0.2, 0.25) is 0 Å². The molecule has 5 rings (SSSR count). The topological polar surface area (TPSA) is 103 Å². The number of aromatic nitrogens is 3. The molecule has 0 saturated heterocycles. The number of carbonyl (C=O) groups excluding carboxylic acids is 2. The predicted octanol–water partition coefficient (Wildman–Crippen LogP) is 2.91. The predicted molar refractivity (Wildman–Crippen MR) is 111 cm³/mol. The molecule has 1 aliphatic heterocycles. The number of nitrogens with two attached hydrogens (primary N) is 1. The third-order valence-corrected chi connectivity index (χ3v) is 6.03. The van der Waals surface area contributed by atoms with Gasteiger partial charge in [0.1, 0.15) is 0 Å². The van der Waals surface area contributed by atoms with Crippen LogP contribution in [-0.4, -0.2) is 43.8 Å². The molecule has 8 nitrogen and oxygen atoms in total. The standard InChI is InChI=1S/C22H23N5O3/c1-3-30-22(29)17-11-27-18(9-24-20(27)19(23)25-17)14-6-7-16-15(8-14)10-26(21(16)28)12(2)13-4-5-13/h6-9,11-13H,3-5,10H2,1-2H3,(H2,23,25). The van der Waals surface area contributed by atoms with E-state index in [0.29, 0.717) is 18.1 Å². The average Bonchev–Trinajstić information content (AvgIpc) is 3.41. The Balaban J connectivity index is 1.53. The highest BCUT2D eigenvalue weighted by Crippen LogP contribution is 2.39. The molecule has 1 fully saturated rings. The molecule has 0 spiro atoms. The van der Waals surface area contributed by atoms with Crippen molar-refractivity contribution in [2.24, 2.45) is 5.92 Å². The Morgan fingerprint density at radius 2 is 2.17 bits per heavy atom. The molecule has 0 bridgehead atoms.